The number of carbonyl (C=O) groups is 2. The normalized spacial score (nSPS) is 11.8. The van der Waals surface area contributed by atoms with Crippen molar-refractivity contribution in [3.8, 4) is 0 Å². The molecule has 2 amide bonds. The minimum Gasteiger partial charge on any atom is -0.347 e. The lowest BCUT2D eigenvalue weighted by atomic mass is 10.0. The zero-order valence-corrected chi connectivity index (χ0v) is 14.8. The van der Waals surface area contributed by atoms with Gasteiger partial charge < -0.3 is 10.2 Å². The van der Waals surface area contributed by atoms with Gasteiger partial charge in [-0.05, 0) is 17.0 Å². The summed E-state index contributed by atoms with van der Waals surface area (Å²) in [5, 5.41) is 4.57. The number of benzene rings is 2. The molecule has 3 aromatic rings. The van der Waals surface area contributed by atoms with Crippen molar-refractivity contribution in [2.24, 2.45) is 0 Å². The van der Waals surface area contributed by atoms with Gasteiger partial charge in [0.1, 0.15) is 11.7 Å². The molecule has 1 heterocycles. The SMILES string of the molecule is CN(C)C(=O)[C@@H](Cc1ccccc1)NC(=O)c1nccc2ccccc12. The van der Waals surface area contributed by atoms with E-state index in [4.69, 9.17) is 0 Å². The van der Waals surface area contributed by atoms with E-state index < -0.39 is 6.04 Å². The van der Waals surface area contributed by atoms with Gasteiger partial charge in [0.2, 0.25) is 5.91 Å². The molecule has 0 unspecified atom stereocenters. The number of aromatic nitrogens is 1. The first-order valence-corrected chi connectivity index (χ1v) is 8.46. The molecule has 0 aliphatic rings. The Balaban J connectivity index is 1.88. The average Bonchev–Trinajstić information content (AvgIpc) is 2.67. The smallest absolute Gasteiger partial charge is 0.271 e. The summed E-state index contributed by atoms with van der Waals surface area (Å²) in [5.41, 5.74) is 1.31. The van der Waals surface area contributed by atoms with Crippen LogP contribution in [-0.2, 0) is 11.2 Å². The monoisotopic (exact) mass is 347 g/mol. The maximum atomic E-state index is 12.8. The van der Waals surface area contributed by atoms with Crippen LogP contribution in [0.3, 0.4) is 0 Å². The van der Waals surface area contributed by atoms with E-state index in [0.29, 0.717) is 12.1 Å². The molecule has 5 heteroatoms. The highest BCUT2D eigenvalue weighted by Crippen LogP contribution is 2.16. The molecule has 0 aliphatic heterocycles. The number of amides is 2. The van der Waals surface area contributed by atoms with Crippen LogP contribution in [0.5, 0.6) is 0 Å². The fourth-order valence-corrected chi connectivity index (χ4v) is 2.89. The van der Waals surface area contributed by atoms with Crippen molar-refractivity contribution in [1.82, 2.24) is 15.2 Å². The van der Waals surface area contributed by atoms with Crippen LogP contribution >= 0.6 is 0 Å². The average molecular weight is 347 g/mol. The van der Waals surface area contributed by atoms with E-state index in [1.807, 2.05) is 60.7 Å². The standard InChI is InChI=1S/C21H21N3O2/c1-24(2)21(26)18(14-15-8-4-3-5-9-15)23-20(25)19-17-11-7-6-10-16(17)12-13-22-19/h3-13,18H,14H2,1-2H3,(H,23,25)/t18-/m1/s1. The molecule has 0 bridgehead atoms. The third-order valence-electron chi connectivity index (χ3n) is 4.22. The van der Waals surface area contributed by atoms with Crippen molar-refractivity contribution in [1.29, 1.82) is 0 Å². The van der Waals surface area contributed by atoms with Crippen molar-refractivity contribution in [2.45, 2.75) is 12.5 Å². The molecule has 0 saturated heterocycles. The molecule has 0 spiro atoms. The third kappa shape index (κ3) is 3.88. The summed E-state index contributed by atoms with van der Waals surface area (Å²) in [6.07, 6.45) is 2.03. The van der Waals surface area contributed by atoms with Crippen LogP contribution < -0.4 is 5.32 Å². The summed E-state index contributed by atoms with van der Waals surface area (Å²) in [6, 6.07) is 18.4. The lowest BCUT2D eigenvalue weighted by Gasteiger charge is -2.22. The topological polar surface area (TPSA) is 62.3 Å². The first kappa shape index (κ1) is 17.6. The summed E-state index contributed by atoms with van der Waals surface area (Å²) in [5.74, 6) is -0.500. The van der Waals surface area contributed by atoms with Gasteiger partial charge in [-0.25, -0.2) is 0 Å². The van der Waals surface area contributed by atoms with Gasteiger partial charge in [-0.2, -0.15) is 0 Å². The summed E-state index contributed by atoms with van der Waals surface area (Å²) in [4.78, 5) is 31.1. The van der Waals surface area contributed by atoms with Gasteiger partial charge in [0.15, 0.2) is 0 Å². The number of likely N-dealkylation sites (N-methyl/N-ethyl adjacent to an activating group) is 1. The van der Waals surface area contributed by atoms with E-state index in [0.717, 1.165) is 16.3 Å². The molecule has 2 aromatic carbocycles. The van der Waals surface area contributed by atoms with E-state index >= 15 is 0 Å². The predicted octanol–water partition coefficient (Wildman–Crippen LogP) is 2.66. The fraction of sp³-hybridized carbons (Fsp3) is 0.190. The quantitative estimate of drug-likeness (QED) is 0.772. The van der Waals surface area contributed by atoms with Gasteiger partial charge in [0.05, 0.1) is 0 Å². The Kier molecular flexibility index (Phi) is 5.27. The number of hydrogen-bond donors (Lipinski definition) is 1. The van der Waals surface area contributed by atoms with Gasteiger partial charge >= 0.3 is 0 Å². The molecule has 0 fully saturated rings. The van der Waals surface area contributed by atoms with Crippen molar-refractivity contribution in [2.75, 3.05) is 14.1 Å². The minimum atomic E-state index is -0.652. The first-order chi connectivity index (χ1) is 12.6. The molecule has 0 saturated carbocycles. The first-order valence-electron chi connectivity index (χ1n) is 8.46. The van der Waals surface area contributed by atoms with Crippen LogP contribution in [0.2, 0.25) is 0 Å². The van der Waals surface area contributed by atoms with Crippen molar-refractivity contribution in [3.63, 3.8) is 0 Å². The molecule has 26 heavy (non-hydrogen) atoms. The minimum absolute atomic E-state index is 0.151. The lowest BCUT2D eigenvalue weighted by Crippen LogP contribution is -2.47. The number of pyridine rings is 1. The van der Waals surface area contributed by atoms with Crippen LogP contribution in [0.15, 0.2) is 66.9 Å². The van der Waals surface area contributed by atoms with Crippen molar-refractivity contribution < 1.29 is 9.59 Å². The molecule has 1 atom stereocenters. The van der Waals surface area contributed by atoms with Gasteiger partial charge in [-0.1, -0.05) is 54.6 Å². The number of nitrogens with zero attached hydrogens (tertiary/aromatic N) is 2. The van der Waals surface area contributed by atoms with Crippen LogP contribution in [0.4, 0.5) is 0 Å². The molecule has 132 valence electrons. The van der Waals surface area contributed by atoms with Crippen LogP contribution in [0, 0.1) is 0 Å². The molecule has 0 aliphatic carbocycles. The summed E-state index contributed by atoms with van der Waals surface area (Å²) in [6.45, 7) is 0. The number of carbonyl (C=O) groups excluding carboxylic acids is 2. The number of hydrogen-bond acceptors (Lipinski definition) is 3. The van der Waals surface area contributed by atoms with Gasteiger partial charge in [-0.3, -0.25) is 14.6 Å². The Bertz CT molecular complexity index is 917. The highest BCUT2D eigenvalue weighted by molar-refractivity contribution is 6.06. The Morgan fingerprint density at radius 2 is 1.69 bits per heavy atom. The van der Waals surface area contributed by atoms with E-state index in [9.17, 15) is 9.59 Å². The van der Waals surface area contributed by atoms with Crippen molar-refractivity contribution >= 4 is 22.6 Å². The van der Waals surface area contributed by atoms with Crippen LogP contribution in [-0.4, -0.2) is 41.8 Å². The molecular formula is C21H21N3O2. The fourth-order valence-electron chi connectivity index (χ4n) is 2.89. The zero-order chi connectivity index (χ0) is 18.5. The summed E-state index contributed by atoms with van der Waals surface area (Å²) >= 11 is 0. The maximum absolute atomic E-state index is 12.8. The lowest BCUT2D eigenvalue weighted by molar-refractivity contribution is -0.130. The Morgan fingerprint density at radius 1 is 1.00 bits per heavy atom. The van der Waals surface area contributed by atoms with Gasteiger partial charge in [0.25, 0.3) is 5.91 Å². The highest BCUT2D eigenvalue weighted by atomic mass is 16.2. The van der Waals surface area contributed by atoms with E-state index in [1.165, 1.54) is 4.90 Å². The molecular weight excluding hydrogens is 326 g/mol. The van der Waals surface area contributed by atoms with Crippen molar-refractivity contribution in [3.05, 3.63) is 78.1 Å². The Hall–Kier alpha value is -3.21. The molecule has 1 N–H and O–H groups in total. The zero-order valence-electron chi connectivity index (χ0n) is 14.8. The largest absolute Gasteiger partial charge is 0.347 e. The highest BCUT2D eigenvalue weighted by Gasteiger charge is 2.24. The molecule has 0 radical (unpaired) electrons. The van der Waals surface area contributed by atoms with Crippen LogP contribution in [0.25, 0.3) is 10.8 Å². The van der Waals surface area contributed by atoms with E-state index in [1.54, 1.807) is 20.3 Å². The maximum Gasteiger partial charge on any atom is 0.271 e. The number of rotatable bonds is 5. The molecule has 1 aromatic heterocycles. The number of fused-ring (bicyclic) bond motifs is 1. The number of nitrogens with one attached hydrogen (secondary N) is 1. The Labute approximate surface area is 152 Å². The Morgan fingerprint density at radius 3 is 2.42 bits per heavy atom. The molecule has 5 nitrogen and oxygen atoms in total. The summed E-state index contributed by atoms with van der Waals surface area (Å²) < 4.78 is 0. The van der Waals surface area contributed by atoms with E-state index in [-0.39, 0.29) is 11.8 Å². The molecule has 3 rings (SSSR count). The van der Waals surface area contributed by atoms with Gasteiger partial charge in [-0.15, -0.1) is 0 Å². The second-order valence-corrected chi connectivity index (χ2v) is 6.33. The summed E-state index contributed by atoms with van der Waals surface area (Å²) in [7, 11) is 3.37. The third-order valence-corrected chi connectivity index (χ3v) is 4.22. The second kappa shape index (κ2) is 7.78. The van der Waals surface area contributed by atoms with Crippen LogP contribution in [0.1, 0.15) is 16.1 Å². The van der Waals surface area contributed by atoms with Gasteiger partial charge in [0, 0.05) is 32.1 Å². The predicted molar refractivity (Wildman–Crippen MR) is 102 cm³/mol. The van der Waals surface area contributed by atoms with E-state index in [2.05, 4.69) is 10.3 Å². The second-order valence-electron chi connectivity index (χ2n) is 6.33.